The molecule has 0 bridgehead atoms. The minimum absolute atomic E-state index is 0.123. The van der Waals surface area contributed by atoms with Crippen molar-refractivity contribution in [2.24, 2.45) is 0 Å². The normalized spacial score (nSPS) is 12.6. The van der Waals surface area contributed by atoms with Gasteiger partial charge in [-0.3, -0.25) is 4.90 Å². The monoisotopic (exact) mass is 480 g/mol. The number of methoxy groups -OCH3 is 1. The molecule has 0 fully saturated rings. The van der Waals surface area contributed by atoms with Crippen LogP contribution in [0.3, 0.4) is 0 Å². The molecule has 0 aliphatic carbocycles. The number of rotatable bonds is 11. The third kappa shape index (κ3) is 9.20. The smallest absolute Gasteiger partial charge is 0.410 e. The number of benzene rings is 2. The minimum atomic E-state index is -0.666. The molecule has 2 aromatic carbocycles. The van der Waals surface area contributed by atoms with Gasteiger partial charge in [-0.15, -0.1) is 13.2 Å². The van der Waals surface area contributed by atoms with E-state index in [4.69, 9.17) is 14.2 Å². The molecular formula is C28H36N2O5. The van der Waals surface area contributed by atoms with E-state index in [2.05, 4.69) is 18.5 Å². The number of nitrogens with zero attached hydrogens (tertiary/aromatic N) is 1. The SMILES string of the molecule is C=CC[C@@H]([C@H](C=C)NC(=O)OC(C)(C)C)N(Cc1ccc(OC)cc1)C(=O)OCc1ccccc1. The topological polar surface area (TPSA) is 77.1 Å². The minimum Gasteiger partial charge on any atom is -0.497 e. The highest BCUT2D eigenvalue weighted by atomic mass is 16.6. The van der Waals surface area contributed by atoms with Gasteiger partial charge in [0.2, 0.25) is 0 Å². The number of alkyl carbamates (subject to hydrolysis) is 1. The lowest BCUT2D eigenvalue weighted by atomic mass is 10.0. The van der Waals surface area contributed by atoms with Crippen LogP contribution in [0.4, 0.5) is 9.59 Å². The molecule has 2 rings (SSSR count). The fraction of sp³-hybridized carbons (Fsp3) is 0.357. The van der Waals surface area contributed by atoms with Crippen LogP contribution in [-0.4, -0.2) is 41.9 Å². The highest BCUT2D eigenvalue weighted by Gasteiger charge is 2.32. The van der Waals surface area contributed by atoms with E-state index >= 15 is 0 Å². The summed E-state index contributed by atoms with van der Waals surface area (Å²) in [5.74, 6) is 0.713. The van der Waals surface area contributed by atoms with Crippen molar-refractivity contribution in [2.75, 3.05) is 7.11 Å². The van der Waals surface area contributed by atoms with Crippen molar-refractivity contribution in [1.82, 2.24) is 10.2 Å². The average Bonchev–Trinajstić information content (AvgIpc) is 2.83. The maximum absolute atomic E-state index is 13.4. The van der Waals surface area contributed by atoms with Crippen molar-refractivity contribution in [3.8, 4) is 5.75 Å². The molecule has 0 aliphatic rings. The van der Waals surface area contributed by atoms with E-state index < -0.39 is 29.9 Å². The van der Waals surface area contributed by atoms with Crippen molar-refractivity contribution in [2.45, 2.75) is 58.0 Å². The summed E-state index contributed by atoms with van der Waals surface area (Å²) in [5.41, 5.74) is 1.08. The van der Waals surface area contributed by atoms with Gasteiger partial charge in [-0.1, -0.05) is 54.6 Å². The Labute approximate surface area is 208 Å². The van der Waals surface area contributed by atoms with Crippen molar-refractivity contribution < 1.29 is 23.8 Å². The Balaban J connectivity index is 2.31. The van der Waals surface area contributed by atoms with Gasteiger partial charge in [0.1, 0.15) is 18.0 Å². The van der Waals surface area contributed by atoms with Gasteiger partial charge in [0, 0.05) is 6.54 Å². The quantitative estimate of drug-likeness (QED) is 0.408. The summed E-state index contributed by atoms with van der Waals surface area (Å²) in [6, 6.07) is 15.8. The summed E-state index contributed by atoms with van der Waals surface area (Å²) in [6.45, 7) is 13.5. The molecule has 0 saturated carbocycles. The van der Waals surface area contributed by atoms with Crippen LogP contribution in [0.25, 0.3) is 0 Å². The first-order valence-electron chi connectivity index (χ1n) is 11.5. The molecule has 0 aliphatic heterocycles. The molecule has 2 aromatic rings. The summed E-state index contributed by atoms with van der Waals surface area (Å²) in [4.78, 5) is 27.5. The van der Waals surface area contributed by atoms with Gasteiger partial charge in [-0.05, 0) is 50.5 Å². The van der Waals surface area contributed by atoms with E-state index in [1.807, 2.05) is 54.6 Å². The van der Waals surface area contributed by atoms with Gasteiger partial charge in [0.25, 0.3) is 0 Å². The van der Waals surface area contributed by atoms with E-state index in [0.717, 1.165) is 11.1 Å². The average molecular weight is 481 g/mol. The maximum Gasteiger partial charge on any atom is 0.410 e. The zero-order chi connectivity index (χ0) is 25.8. The van der Waals surface area contributed by atoms with Crippen LogP contribution in [0.15, 0.2) is 79.9 Å². The van der Waals surface area contributed by atoms with Crippen LogP contribution in [0.5, 0.6) is 5.75 Å². The Hall–Kier alpha value is -3.74. The lowest BCUT2D eigenvalue weighted by Gasteiger charge is -2.35. The molecule has 1 N–H and O–H groups in total. The highest BCUT2D eigenvalue weighted by Crippen LogP contribution is 2.20. The zero-order valence-electron chi connectivity index (χ0n) is 21.0. The molecule has 0 aromatic heterocycles. The number of nitrogens with one attached hydrogen (secondary N) is 1. The highest BCUT2D eigenvalue weighted by molar-refractivity contribution is 5.70. The Morgan fingerprint density at radius 3 is 2.23 bits per heavy atom. The van der Waals surface area contributed by atoms with Crippen LogP contribution in [0.2, 0.25) is 0 Å². The standard InChI is InChI=1S/C28H36N2O5/c1-7-12-25(24(8-2)29-26(31)35-28(3,4)5)30(19-21-15-17-23(33-6)18-16-21)27(32)34-20-22-13-10-9-11-14-22/h7-11,13-18,24-25H,1-2,12,19-20H2,3-6H3,(H,29,31)/t24-,25-/m0/s1. The second-order valence-electron chi connectivity index (χ2n) is 9.02. The van der Waals surface area contributed by atoms with Crippen LogP contribution in [-0.2, 0) is 22.6 Å². The van der Waals surface area contributed by atoms with Crippen LogP contribution >= 0.6 is 0 Å². The summed E-state index contributed by atoms with van der Waals surface area (Å²) in [5, 5.41) is 2.82. The summed E-state index contributed by atoms with van der Waals surface area (Å²) in [6.07, 6.45) is 2.56. The van der Waals surface area contributed by atoms with E-state index in [1.54, 1.807) is 44.9 Å². The van der Waals surface area contributed by atoms with E-state index in [0.29, 0.717) is 12.2 Å². The number of hydrogen-bond donors (Lipinski definition) is 1. The first-order chi connectivity index (χ1) is 16.7. The number of amides is 2. The third-order valence-corrected chi connectivity index (χ3v) is 5.11. The molecular weight excluding hydrogens is 444 g/mol. The molecule has 0 radical (unpaired) electrons. The first kappa shape index (κ1) is 27.5. The van der Waals surface area contributed by atoms with Gasteiger partial charge in [-0.2, -0.15) is 0 Å². The molecule has 0 heterocycles. The predicted octanol–water partition coefficient (Wildman–Crippen LogP) is 5.86. The predicted molar refractivity (Wildman–Crippen MR) is 137 cm³/mol. The zero-order valence-corrected chi connectivity index (χ0v) is 21.0. The summed E-state index contributed by atoms with van der Waals surface area (Å²) < 4.78 is 16.3. The van der Waals surface area contributed by atoms with Gasteiger partial charge < -0.3 is 19.5 Å². The van der Waals surface area contributed by atoms with Crippen molar-refractivity contribution in [3.63, 3.8) is 0 Å². The van der Waals surface area contributed by atoms with E-state index in [1.165, 1.54) is 0 Å². The second-order valence-corrected chi connectivity index (χ2v) is 9.02. The maximum atomic E-state index is 13.4. The molecule has 0 saturated heterocycles. The van der Waals surface area contributed by atoms with Crippen molar-refractivity contribution in [1.29, 1.82) is 0 Å². The Kier molecular flexibility index (Phi) is 10.4. The third-order valence-electron chi connectivity index (χ3n) is 5.11. The van der Waals surface area contributed by atoms with E-state index in [-0.39, 0.29) is 13.2 Å². The summed E-state index contributed by atoms with van der Waals surface area (Å²) in [7, 11) is 1.60. The van der Waals surface area contributed by atoms with Gasteiger partial charge >= 0.3 is 12.2 Å². The number of ether oxygens (including phenoxy) is 3. The van der Waals surface area contributed by atoms with Crippen molar-refractivity contribution >= 4 is 12.2 Å². The molecule has 35 heavy (non-hydrogen) atoms. The molecule has 188 valence electrons. The molecule has 2 amide bonds. The summed E-state index contributed by atoms with van der Waals surface area (Å²) >= 11 is 0. The largest absolute Gasteiger partial charge is 0.497 e. The molecule has 7 nitrogen and oxygen atoms in total. The first-order valence-corrected chi connectivity index (χ1v) is 11.5. The lowest BCUT2D eigenvalue weighted by Crippen LogP contribution is -2.53. The molecule has 7 heteroatoms. The fourth-order valence-corrected chi connectivity index (χ4v) is 3.44. The van der Waals surface area contributed by atoms with Gasteiger partial charge in [0.15, 0.2) is 0 Å². The van der Waals surface area contributed by atoms with Crippen LogP contribution < -0.4 is 10.1 Å². The van der Waals surface area contributed by atoms with Crippen molar-refractivity contribution in [3.05, 3.63) is 91.0 Å². The van der Waals surface area contributed by atoms with Crippen LogP contribution in [0, 0.1) is 0 Å². The fourth-order valence-electron chi connectivity index (χ4n) is 3.44. The Morgan fingerprint density at radius 1 is 1.03 bits per heavy atom. The number of hydrogen-bond acceptors (Lipinski definition) is 5. The van der Waals surface area contributed by atoms with Gasteiger partial charge in [0.05, 0.1) is 19.2 Å². The van der Waals surface area contributed by atoms with Crippen LogP contribution in [0.1, 0.15) is 38.3 Å². The Morgan fingerprint density at radius 2 is 1.69 bits per heavy atom. The van der Waals surface area contributed by atoms with E-state index in [9.17, 15) is 9.59 Å². The van der Waals surface area contributed by atoms with Gasteiger partial charge in [-0.25, -0.2) is 9.59 Å². The molecule has 0 spiro atoms. The molecule has 2 atom stereocenters. The number of carbonyl (C=O) groups excluding carboxylic acids is 2. The number of carbonyl (C=O) groups is 2. The molecule has 0 unspecified atom stereocenters. The Bertz CT molecular complexity index is 967. The lowest BCUT2D eigenvalue weighted by molar-refractivity contribution is 0.0445. The second kappa shape index (κ2) is 13.2.